The number of rotatable bonds is 5. The van der Waals surface area contributed by atoms with Gasteiger partial charge in [-0.25, -0.2) is 4.39 Å². The first-order valence-electron chi connectivity index (χ1n) is 9.32. The molecule has 144 valence electrons. The van der Waals surface area contributed by atoms with E-state index in [-0.39, 0.29) is 11.8 Å². The second-order valence-corrected chi connectivity index (χ2v) is 6.81. The van der Waals surface area contributed by atoms with Gasteiger partial charge in [0.15, 0.2) is 5.82 Å². The summed E-state index contributed by atoms with van der Waals surface area (Å²) in [5.74, 6) is 1.14. The molecule has 0 spiro atoms. The first kappa shape index (κ1) is 18.1. The van der Waals surface area contributed by atoms with Crippen molar-refractivity contribution >= 4 is 23.3 Å². The molecule has 2 aromatic carbocycles. The Kier molecular flexibility index (Phi) is 5.29. The van der Waals surface area contributed by atoms with Gasteiger partial charge in [0.1, 0.15) is 12.4 Å². The smallest absolute Gasteiger partial charge is 0.232 e. The lowest BCUT2D eigenvalue weighted by Gasteiger charge is -2.33. The van der Waals surface area contributed by atoms with Crippen LogP contribution in [-0.4, -0.2) is 41.1 Å². The number of nitrogens with zero attached hydrogens (tertiary/aromatic N) is 4. The zero-order valence-corrected chi connectivity index (χ0v) is 15.5. The molecule has 0 unspecified atom stereocenters. The second-order valence-electron chi connectivity index (χ2n) is 6.81. The van der Waals surface area contributed by atoms with E-state index in [1.165, 1.54) is 17.0 Å². The number of aromatic nitrogens is 3. The highest BCUT2D eigenvalue weighted by atomic mass is 19.1. The van der Waals surface area contributed by atoms with Crippen LogP contribution in [0.2, 0.25) is 0 Å². The number of para-hydroxylation sites is 1. The highest BCUT2D eigenvalue weighted by molar-refractivity contribution is 5.53. The number of hydrogen-bond donors (Lipinski definition) is 3. The number of anilines is 4. The van der Waals surface area contributed by atoms with Gasteiger partial charge in [0.25, 0.3) is 0 Å². The molecule has 2 heterocycles. The Morgan fingerprint density at radius 1 is 0.964 bits per heavy atom. The number of nitrogens with one attached hydrogen (secondary N) is 2. The van der Waals surface area contributed by atoms with Crippen LogP contribution in [0.1, 0.15) is 5.82 Å². The van der Waals surface area contributed by atoms with Gasteiger partial charge in [-0.15, -0.1) is 0 Å². The summed E-state index contributed by atoms with van der Waals surface area (Å²) >= 11 is 0. The minimum absolute atomic E-state index is 0.208. The van der Waals surface area contributed by atoms with Gasteiger partial charge in [-0.05, 0) is 36.4 Å². The van der Waals surface area contributed by atoms with Crippen molar-refractivity contribution < 1.29 is 9.29 Å². The lowest BCUT2D eigenvalue weighted by molar-refractivity contribution is -0.915. The lowest BCUT2D eigenvalue weighted by Crippen LogP contribution is -3.13. The van der Waals surface area contributed by atoms with E-state index in [1.54, 1.807) is 0 Å². The number of piperazine rings is 1. The number of halogens is 1. The summed E-state index contributed by atoms with van der Waals surface area (Å²) < 4.78 is 13.1. The monoisotopic (exact) mass is 380 g/mol. The Labute approximate surface area is 163 Å². The van der Waals surface area contributed by atoms with Gasteiger partial charge in [-0.2, -0.15) is 15.0 Å². The average Bonchev–Trinajstić information content (AvgIpc) is 2.70. The predicted molar refractivity (Wildman–Crippen MR) is 107 cm³/mol. The van der Waals surface area contributed by atoms with Crippen molar-refractivity contribution in [1.29, 1.82) is 0 Å². The molecule has 0 radical (unpaired) electrons. The maximum atomic E-state index is 13.1. The fourth-order valence-electron chi connectivity index (χ4n) is 3.36. The van der Waals surface area contributed by atoms with Gasteiger partial charge < -0.3 is 20.9 Å². The van der Waals surface area contributed by atoms with Crippen LogP contribution in [0.5, 0.6) is 0 Å². The molecule has 1 saturated heterocycles. The third-order valence-corrected chi connectivity index (χ3v) is 4.80. The average molecular weight is 380 g/mol. The third kappa shape index (κ3) is 4.52. The molecule has 1 aromatic heterocycles. The molecule has 0 bridgehead atoms. The van der Waals surface area contributed by atoms with E-state index in [1.807, 2.05) is 42.5 Å². The molecule has 1 fully saturated rings. The summed E-state index contributed by atoms with van der Waals surface area (Å²) in [4.78, 5) is 16.6. The van der Waals surface area contributed by atoms with E-state index < -0.39 is 0 Å². The molecule has 4 N–H and O–H groups in total. The maximum absolute atomic E-state index is 13.1. The van der Waals surface area contributed by atoms with E-state index in [9.17, 15) is 4.39 Å². The van der Waals surface area contributed by atoms with Crippen molar-refractivity contribution in [2.24, 2.45) is 0 Å². The number of hydrogen-bond acceptors (Lipinski definition) is 6. The second kappa shape index (κ2) is 8.18. The number of benzene rings is 2. The van der Waals surface area contributed by atoms with Crippen molar-refractivity contribution in [3.05, 3.63) is 66.2 Å². The highest BCUT2D eigenvalue weighted by Crippen LogP contribution is 2.15. The topological polar surface area (TPSA) is 84.4 Å². The molecule has 0 saturated carbocycles. The SMILES string of the molecule is Nc1nc(C[NH+]2CCN(c3ccc(F)cc3)CC2)nc(Nc2ccccc2)n1. The molecule has 3 aromatic rings. The Balaban J connectivity index is 1.37. The van der Waals surface area contributed by atoms with Gasteiger partial charge in [0.2, 0.25) is 11.9 Å². The third-order valence-electron chi connectivity index (χ3n) is 4.80. The van der Waals surface area contributed by atoms with Crippen LogP contribution < -0.4 is 20.9 Å². The minimum Gasteiger partial charge on any atom is -0.368 e. The Hall–Kier alpha value is -3.26. The Bertz CT molecular complexity index is 910. The zero-order valence-electron chi connectivity index (χ0n) is 15.5. The van der Waals surface area contributed by atoms with Gasteiger partial charge in [0.05, 0.1) is 26.2 Å². The molecule has 1 aliphatic heterocycles. The molecule has 4 rings (SSSR count). The van der Waals surface area contributed by atoms with Gasteiger partial charge in [-0.3, -0.25) is 0 Å². The van der Waals surface area contributed by atoms with Crippen LogP contribution in [0.25, 0.3) is 0 Å². The number of nitrogen functional groups attached to an aromatic ring is 1. The molecule has 0 atom stereocenters. The van der Waals surface area contributed by atoms with Gasteiger partial charge in [0, 0.05) is 11.4 Å². The van der Waals surface area contributed by atoms with E-state index >= 15 is 0 Å². The molecular weight excluding hydrogens is 357 g/mol. The molecule has 28 heavy (non-hydrogen) atoms. The first-order valence-corrected chi connectivity index (χ1v) is 9.32. The lowest BCUT2D eigenvalue weighted by atomic mass is 10.2. The van der Waals surface area contributed by atoms with E-state index in [0.717, 1.165) is 37.6 Å². The predicted octanol–water partition coefficient (Wildman–Crippen LogP) is 1.24. The van der Waals surface area contributed by atoms with Crippen LogP contribution >= 0.6 is 0 Å². The number of nitrogens with two attached hydrogens (primary N) is 1. The first-order chi connectivity index (χ1) is 13.7. The van der Waals surface area contributed by atoms with Crippen LogP contribution in [0, 0.1) is 5.82 Å². The maximum Gasteiger partial charge on any atom is 0.232 e. The fraction of sp³-hybridized carbons (Fsp3) is 0.250. The quantitative estimate of drug-likeness (QED) is 0.618. The number of quaternary nitrogens is 1. The Morgan fingerprint density at radius 3 is 2.39 bits per heavy atom. The molecule has 0 aliphatic carbocycles. The van der Waals surface area contributed by atoms with Crippen LogP contribution in [0.4, 0.5) is 27.7 Å². The van der Waals surface area contributed by atoms with Gasteiger partial charge >= 0.3 is 0 Å². The summed E-state index contributed by atoms with van der Waals surface area (Å²) in [6, 6.07) is 16.4. The summed E-state index contributed by atoms with van der Waals surface area (Å²) in [6.45, 7) is 4.38. The molecule has 1 aliphatic rings. The van der Waals surface area contributed by atoms with Crippen molar-refractivity contribution in [2.45, 2.75) is 6.54 Å². The summed E-state index contributed by atoms with van der Waals surface area (Å²) in [5.41, 5.74) is 7.84. The standard InChI is InChI=1S/C20H22FN7/c21-15-6-8-17(9-7-15)28-12-10-27(11-13-28)14-18-24-19(22)26-20(25-18)23-16-4-2-1-3-5-16/h1-9H,10-14H2,(H3,22,23,24,25,26)/p+1. The molecule has 7 nitrogen and oxygen atoms in total. The minimum atomic E-state index is -0.208. The van der Waals surface area contributed by atoms with Crippen molar-refractivity contribution in [3.63, 3.8) is 0 Å². The van der Waals surface area contributed by atoms with E-state index in [4.69, 9.17) is 5.73 Å². The van der Waals surface area contributed by atoms with Gasteiger partial charge in [-0.1, -0.05) is 18.2 Å². The van der Waals surface area contributed by atoms with Crippen LogP contribution in [0.15, 0.2) is 54.6 Å². The molecular formula is C20H23FN7+. The molecule has 8 heteroatoms. The van der Waals surface area contributed by atoms with Crippen LogP contribution in [0.3, 0.4) is 0 Å². The zero-order chi connectivity index (χ0) is 19.3. The van der Waals surface area contributed by atoms with E-state index in [0.29, 0.717) is 18.3 Å². The summed E-state index contributed by atoms with van der Waals surface area (Å²) in [5, 5.41) is 3.17. The van der Waals surface area contributed by atoms with E-state index in [2.05, 4.69) is 25.2 Å². The molecule has 0 amide bonds. The highest BCUT2D eigenvalue weighted by Gasteiger charge is 2.22. The fourth-order valence-corrected chi connectivity index (χ4v) is 3.36. The normalized spacial score (nSPS) is 14.8. The van der Waals surface area contributed by atoms with Crippen molar-refractivity contribution in [1.82, 2.24) is 15.0 Å². The van der Waals surface area contributed by atoms with Crippen molar-refractivity contribution in [3.8, 4) is 0 Å². The Morgan fingerprint density at radius 2 is 1.68 bits per heavy atom. The largest absolute Gasteiger partial charge is 0.368 e. The van der Waals surface area contributed by atoms with Crippen LogP contribution in [-0.2, 0) is 6.54 Å². The summed E-state index contributed by atoms with van der Waals surface area (Å²) in [6.07, 6.45) is 0. The summed E-state index contributed by atoms with van der Waals surface area (Å²) in [7, 11) is 0. The van der Waals surface area contributed by atoms with Crippen molar-refractivity contribution in [2.75, 3.05) is 42.1 Å².